The first-order valence-corrected chi connectivity index (χ1v) is 16.5. The maximum atomic E-state index is 10.4. The van der Waals surface area contributed by atoms with Crippen molar-refractivity contribution in [1.29, 1.82) is 5.26 Å². The van der Waals surface area contributed by atoms with E-state index in [1.807, 2.05) is 24.3 Å². The van der Waals surface area contributed by atoms with Crippen molar-refractivity contribution in [3.8, 4) is 34.0 Å². The number of benzene rings is 7. The minimum Gasteiger partial charge on any atom is -0.456 e. The summed E-state index contributed by atoms with van der Waals surface area (Å²) in [4.78, 5) is 0. The summed E-state index contributed by atoms with van der Waals surface area (Å²) in [6, 6.07) is 53.8. The number of para-hydroxylation sites is 2. The van der Waals surface area contributed by atoms with Crippen LogP contribution in [0.15, 0.2) is 150 Å². The second-order valence-electron chi connectivity index (χ2n) is 12.0. The second-order valence-corrected chi connectivity index (χ2v) is 13.0. The van der Waals surface area contributed by atoms with Gasteiger partial charge in [-0.2, -0.15) is 5.26 Å². The Labute approximate surface area is 273 Å². The molecule has 0 aliphatic carbocycles. The lowest BCUT2D eigenvalue weighted by Gasteiger charge is -2.10. The summed E-state index contributed by atoms with van der Waals surface area (Å²) in [5.74, 6) is 0. The Morgan fingerprint density at radius 3 is 2.06 bits per heavy atom. The zero-order valence-electron chi connectivity index (χ0n) is 25.1. The van der Waals surface area contributed by atoms with Gasteiger partial charge in [0.25, 0.3) is 0 Å². The highest BCUT2D eigenvalue weighted by atomic mass is 32.1. The smallest absolute Gasteiger partial charge is 0.136 e. The minimum absolute atomic E-state index is 0.684. The molecule has 0 fully saturated rings. The third kappa shape index (κ3) is 3.85. The molecule has 10 aromatic rings. The summed E-state index contributed by atoms with van der Waals surface area (Å²) >= 11 is 1.70. The summed E-state index contributed by atoms with van der Waals surface area (Å²) < 4.78 is 10.8. The van der Waals surface area contributed by atoms with Crippen LogP contribution in [0, 0.1) is 11.3 Å². The predicted octanol–water partition coefficient (Wildman–Crippen LogP) is 12.3. The largest absolute Gasteiger partial charge is 0.456 e. The van der Waals surface area contributed by atoms with Gasteiger partial charge in [-0.05, 0) is 76.9 Å². The lowest BCUT2D eigenvalue weighted by Crippen LogP contribution is -1.93. The molecule has 0 saturated heterocycles. The number of fused-ring (bicyclic) bond motifs is 9. The predicted molar refractivity (Wildman–Crippen MR) is 197 cm³/mol. The first kappa shape index (κ1) is 26.1. The summed E-state index contributed by atoms with van der Waals surface area (Å²) in [6.45, 7) is 0. The van der Waals surface area contributed by atoms with Crippen molar-refractivity contribution in [2.75, 3.05) is 0 Å². The third-order valence-electron chi connectivity index (χ3n) is 9.43. The molecule has 218 valence electrons. The molecule has 0 atom stereocenters. The van der Waals surface area contributed by atoms with Crippen LogP contribution >= 0.6 is 11.3 Å². The standard InChI is InChI=1S/C43H24N2OS/c44-25-30-21-29(28-17-19-33-32-12-5-7-16-40(32)46-41(33)24-28)23-36-34-13-8-15-39(43(34)47-42(30)36)45-37-14-6-4-11-31(37)35-22-27(18-20-38(35)45)26-9-2-1-3-10-26/h1-24H. The molecule has 0 radical (unpaired) electrons. The number of aromatic nitrogens is 1. The van der Waals surface area contributed by atoms with Gasteiger partial charge in [-0.25, -0.2) is 0 Å². The van der Waals surface area contributed by atoms with E-state index in [-0.39, 0.29) is 0 Å². The Kier molecular flexibility index (Phi) is 5.51. The molecule has 3 aromatic heterocycles. The molecule has 4 heteroatoms. The zero-order chi connectivity index (χ0) is 31.1. The summed E-state index contributed by atoms with van der Waals surface area (Å²) in [5.41, 5.74) is 10.3. The molecular weight excluding hydrogens is 593 g/mol. The van der Waals surface area contributed by atoms with Gasteiger partial charge in [0.15, 0.2) is 0 Å². The molecule has 3 nitrogen and oxygen atoms in total. The molecule has 0 saturated carbocycles. The van der Waals surface area contributed by atoms with E-state index in [9.17, 15) is 5.26 Å². The van der Waals surface area contributed by atoms with Gasteiger partial charge >= 0.3 is 0 Å². The van der Waals surface area contributed by atoms with Gasteiger partial charge in [0.05, 0.1) is 31.7 Å². The monoisotopic (exact) mass is 616 g/mol. The number of hydrogen-bond acceptors (Lipinski definition) is 3. The van der Waals surface area contributed by atoms with E-state index in [0.29, 0.717) is 5.56 Å². The zero-order valence-corrected chi connectivity index (χ0v) is 25.9. The number of nitrogens with zero attached hydrogens (tertiary/aromatic N) is 2. The molecule has 0 spiro atoms. The maximum Gasteiger partial charge on any atom is 0.136 e. The van der Waals surface area contributed by atoms with Gasteiger partial charge in [0.2, 0.25) is 0 Å². The third-order valence-corrected chi connectivity index (χ3v) is 10.7. The summed E-state index contributed by atoms with van der Waals surface area (Å²) in [7, 11) is 0. The van der Waals surface area contributed by atoms with Crippen LogP contribution in [0.5, 0.6) is 0 Å². The first-order chi connectivity index (χ1) is 23.2. The fraction of sp³-hybridized carbons (Fsp3) is 0. The van der Waals surface area contributed by atoms with Crippen molar-refractivity contribution in [1.82, 2.24) is 4.57 Å². The number of nitriles is 1. The van der Waals surface area contributed by atoms with Crippen LogP contribution in [0.25, 0.3) is 91.9 Å². The molecule has 7 aromatic carbocycles. The number of thiophene rings is 1. The Morgan fingerprint density at radius 2 is 1.17 bits per heavy atom. The van der Waals surface area contributed by atoms with Crippen LogP contribution in [0.4, 0.5) is 0 Å². The van der Waals surface area contributed by atoms with Gasteiger partial charge in [-0.15, -0.1) is 11.3 Å². The maximum absolute atomic E-state index is 10.4. The molecule has 47 heavy (non-hydrogen) atoms. The fourth-order valence-corrected chi connectivity index (χ4v) is 8.51. The number of furan rings is 1. The van der Waals surface area contributed by atoms with Crippen molar-refractivity contribution in [3.05, 3.63) is 151 Å². The molecular formula is C43H24N2OS. The van der Waals surface area contributed by atoms with Gasteiger partial charge < -0.3 is 8.98 Å². The van der Waals surface area contributed by atoms with Crippen LogP contribution in [0.3, 0.4) is 0 Å². The van der Waals surface area contributed by atoms with Crippen LogP contribution in [-0.4, -0.2) is 4.57 Å². The summed E-state index contributed by atoms with van der Waals surface area (Å²) in [6.07, 6.45) is 0. The molecule has 0 unspecified atom stereocenters. The first-order valence-electron chi connectivity index (χ1n) is 15.7. The van der Waals surface area contributed by atoms with E-state index in [1.54, 1.807) is 11.3 Å². The normalized spacial score (nSPS) is 11.8. The molecule has 0 bridgehead atoms. The minimum atomic E-state index is 0.684. The van der Waals surface area contributed by atoms with E-state index >= 15 is 0 Å². The van der Waals surface area contributed by atoms with Crippen LogP contribution < -0.4 is 0 Å². The highest BCUT2D eigenvalue weighted by Gasteiger charge is 2.19. The van der Waals surface area contributed by atoms with Crippen LogP contribution in [0.2, 0.25) is 0 Å². The molecule has 0 N–H and O–H groups in total. The Balaban J connectivity index is 1.20. The van der Waals surface area contributed by atoms with E-state index in [2.05, 4.69) is 132 Å². The molecule has 0 aliphatic heterocycles. The second kappa shape index (κ2) is 9.92. The van der Waals surface area contributed by atoms with Crippen LogP contribution in [0.1, 0.15) is 5.56 Å². The van der Waals surface area contributed by atoms with E-state index < -0.39 is 0 Å². The lowest BCUT2D eigenvalue weighted by atomic mass is 9.98. The van der Waals surface area contributed by atoms with Crippen molar-refractivity contribution in [3.63, 3.8) is 0 Å². The van der Waals surface area contributed by atoms with E-state index in [1.165, 1.54) is 26.6 Å². The highest BCUT2D eigenvalue weighted by molar-refractivity contribution is 7.26. The van der Waals surface area contributed by atoms with E-state index in [0.717, 1.165) is 65.3 Å². The molecule has 0 amide bonds. The average molecular weight is 617 g/mol. The van der Waals surface area contributed by atoms with Crippen molar-refractivity contribution in [2.24, 2.45) is 0 Å². The van der Waals surface area contributed by atoms with E-state index in [4.69, 9.17) is 4.42 Å². The SMILES string of the molecule is N#Cc1cc(-c2ccc3c(c2)oc2ccccc23)cc2c1sc1c(-n3c4ccccc4c4cc(-c5ccccc5)ccc43)cccc12. The van der Waals surface area contributed by atoms with Gasteiger partial charge in [0.1, 0.15) is 17.2 Å². The molecule has 3 heterocycles. The van der Waals surface area contributed by atoms with Gasteiger partial charge in [0, 0.05) is 32.3 Å². The average Bonchev–Trinajstić information content (AvgIpc) is 3.80. The Bertz CT molecular complexity index is 2920. The van der Waals surface area contributed by atoms with Crippen molar-refractivity contribution in [2.45, 2.75) is 0 Å². The lowest BCUT2D eigenvalue weighted by molar-refractivity contribution is 0.669. The van der Waals surface area contributed by atoms with Crippen LogP contribution in [-0.2, 0) is 0 Å². The molecule has 0 aliphatic rings. The highest BCUT2D eigenvalue weighted by Crippen LogP contribution is 2.44. The Morgan fingerprint density at radius 1 is 0.468 bits per heavy atom. The number of hydrogen-bond donors (Lipinski definition) is 0. The summed E-state index contributed by atoms with van der Waals surface area (Å²) in [5, 5.41) is 17.3. The fourth-order valence-electron chi connectivity index (χ4n) is 7.26. The van der Waals surface area contributed by atoms with Gasteiger partial charge in [-0.1, -0.05) is 91.0 Å². The molecule has 10 rings (SSSR count). The van der Waals surface area contributed by atoms with Crippen molar-refractivity contribution >= 4 is 75.3 Å². The van der Waals surface area contributed by atoms with Gasteiger partial charge in [-0.3, -0.25) is 0 Å². The topological polar surface area (TPSA) is 41.9 Å². The number of rotatable bonds is 3. The Hall–Kier alpha value is -6.15. The quantitative estimate of drug-likeness (QED) is 0.198. The van der Waals surface area contributed by atoms with Crippen molar-refractivity contribution < 1.29 is 4.42 Å².